The van der Waals surface area contributed by atoms with Gasteiger partial charge in [-0.05, 0) is 30.5 Å². The SMILES string of the molecule is Cl.NS(=O)(=O)Cc1ccc(C(=O)NCCNC2CCCCCC2)cc1. The largest absolute Gasteiger partial charge is 0.351 e. The second-order valence-corrected chi connectivity index (χ2v) is 8.02. The third-order valence-electron chi connectivity index (χ3n) is 4.28. The van der Waals surface area contributed by atoms with E-state index < -0.39 is 10.0 Å². The summed E-state index contributed by atoms with van der Waals surface area (Å²) in [5.74, 6) is -0.375. The van der Waals surface area contributed by atoms with E-state index in [9.17, 15) is 13.2 Å². The lowest BCUT2D eigenvalue weighted by atomic mass is 10.1. The van der Waals surface area contributed by atoms with Gasteiger partial charge in [-0.15, -0.1) is 12.4 Å². The Morgan fingerprint density at radius 3 is 2.20 bits per heavy atom. The number of sulfonamides is 1. The first-order valence-corrected chi connectivity index (χ1v) is 10.3. The van der Waals surface area contributed by atoms with Crippen molar-refractivity contribution in [1.29, 1.82) is 0 Å². The summed E-state index contributed by atoms with van der Waals surface area (Å²) >= 11 is 0. The zero-order chi connectivity index (χ0) is 17.4. The smallest absolute Gasteiger partial charge is 0.251 e. The van der Waals surface area contributed by atoms with Crippen molar-refractivity contribution in [3.05, 3.63) is 35.4 Å². The van der Waals surface area contributed by atoms with Crippen LogP contribution >= 0.6 is 12.4 Å². The highest BCUT2D eigenvalue weighted by atomic mass is 35.5. The molecule has 0 aromatic heterocycles. The van der Waals surface area contributed by atoms with Crippen molar-refractivity contribution in [2.24, 2.45) is 5.14 Å². The van der Waals surface area contributed by atoms with Crippen LogP contribution in [0.1, 0.15) is 54.4 Å². The summed E-state index contributed by atoms with van der Waals surface area (Å²) in [7, 11) is -3.55. The zero-order valence-corrected chi connectivity index (χ0v) is 16.0. The van der Waals surface area contributed by atoms with E-state index in [0.29, 0.717) is 23.7 Å². The fraction of sp³-hybridized carbons (Fsp3) is 0.588. The fourth-order valence-corrected chi connectivity index (χ4v) is 3.68. The van der Waals surface area contributed by atoms with Crippen LogP contribution in [0.25, 0.3) is 0 Å². The number of carbonyl (C=O) groups excluding carboxylic acids is 1. The van der Waals surface area contributed by atoms with Crippen LogP contribution < -0.4 is 15.8 Å². The molecule has 0 saturated heterocycles. The van der Waals surface area contributed by atoms with Crippen LogP contribution in [0, 0.1) is 0 Å². The maximum absolute atomic E-state index is 12.1. The van der Waals surface area contributed by atoms with Crippen LogP contribution in [-0.2, 0) is 15.8 Å². The maximum Gasteiger partial charge on any atom is 0.251 e. The van der Waals surface area contributed by atoms with Gasteiger partial charge in [0.15, 0.2) is 0 Å². The van der Waals surface area contributed by atoms with Gasteiger partial charge in [-0.3, -0.25) is 4.79 Å². The van der Waals surface area contributed by atoms with Gasteiger partial charge in [-0.2, -0.15) is 0 Å². The Kier molecular flexibility index (Phi) is 9.42. The summed E-state index contributed by atoms with van der Waals surface area (Å²) < 4.78 is 22.1. The van der Waals surface area contributed by atoms with Gasteiger partial charge in [0.1, 0.15) is 0 Å². The van der Waals surface area contributed by atoms with Gasteiger partial charge in [0, 0.05) is 24.7 Å². The van der Waals surface area contributed by atoms with Crippen LogP contribution in [0.2, 0.25) is 0 Å². The molecule has 2 rings (SSSR count). The molecule has 0 aliphatic heterocycles. The molecule has 1 aliphatic carbocycles. The Hall–Kier alpha value is -1.15. The first kappa shape index (κ1) is 21.9. The topological polar surface area (TPSA) is 101 Å². The molecule has 1 saturated carbocycles. The Labute approximate surface area is 156 Å². The van der Waals surface area contributed by atoms with E-state index in [1.165, 1.54) is 38.5 Å². The van der Waals surface area contributed by atoms with Crippen LogP contribution in [0.15, 0.2) is 24.3 Å². The highest BCUT2D eigenvalue weighted by Gasteiger charge is 2.11. The first-order valence-electron chi connectivity index (χ1n) is 8.55. The van der Waals surface area contributed by atoms with Crippen molar-refractivity contribution in [3.63, 3.8) is 0 Å². The Morgan fingerprint density at radius 1 is 1.04 bits per heavy atom. The number of benzene rings is 1. The highest BCUT2D eigenvalue weighted by molar-refractivity contribution is 7.88. The number of nitrogens with one attached hydrogen (secondary N) is 2. The van der Waals surface area contributed by atoms with Crippen molar-refractivity contribution in [3.8, 4) is 0 Å². The van der Waals surface area contributed by atoms with Gasteiger partial charge in [0.05, 0.1) is 5.75 Å². The molecule has 1 amide bonds. The fourth-order valence-electron chi connectivity index (χ4n) is 3.02. The van der Waals surface area contributed by atoms with Crippen molar-refractivity contribution in [2.45, 2.75) is 50.3 Å². The molecule has 4 N–H and O–H groups in total. The second kappa shape index (κ2) is 10.8. The van der Waals surface area contributed by atoms with E-state index in [2.05, 4.69) is 10.6 Å². The Morgan fingerprint density at radius 2 is 1.64 bits per heavy atom. The molecular weight excluding hydrogens is 362 g/mol. The molecule has 25 heavy (non-hydrogen) atoms. The van der Waals surface area contributed by atoms with Gasteiger partial charge in [-0.25, -0.2) is 13.6 Å². The number of primary sulfonamides is 1. The van der Waals surface area contributed by atoms with E-state index in [0.717, 1.165) is 6.54 Å². The lowest BCUT2D eigenvalue weighted by Gasteiger charge is -2.16. The third-order valence-corrected chi connectivity index (χ3v) is 5.02. The molecule has 0 spiro atoms. The van der Waals surface area contributed by atoms with E-state index in [-0.39, 0.29) is 24.1 Å². The molecule has 142 valence electrons. The number of rotatable bonds is 7. The highest BCUT2D eigenvalue weighted by Crippen LogP contribution is 2.16. The van der Waals surface area contributed by atoms with E-state index >= 15 is 0 Å². The summed E-state index contributed by atoms with van der Waals surface area (Å²) in [5.41, 5.74) is 1.09. The molecule has 1 aromatic rings. The molecule has 0 unspecified atom stereocenters. The summed E-state index contributed by atoms with van der Waals surface area (Å²) in [5, 5.41) is 11.4. The molecule has 0 radical (unpaired) electrons. The Balaban J connectivity index is 0.00000312. The van der Waals surface area contributed by atoms with Crippen molar-refractivity contribution >= 4 is 28.3 Å². The minimum atomic E-state index is -3.55. The van der Waals surface area contributed by atoms with Crippen LogP contribution in [0.5, 0.6) is 0 Å². The summed E-state index contributed by atoms with van der Waals surface area (Å²) in [4.78, 5) is 12.1. The van der Waals surface area contributed by atoms with E-state index in [1.807, 2.05) is 0 Å². The third kappa shape index (κ3) is 8.67. The average molecular weight is 390 g/mol. The second-order valence-electron chi connectivity index (χ2n) is 6.40. The van der Waals surface area contributed by atoms with Gasteiger partial charge in [-0.1, -0.05) is 37.8 Å². The molecule has 0 heterocycles. The molecule has 0 bridgehead atoms. The number of nitrogens with two attached hydrogens (primary N) is 1. The summed E-state index contributed by atoms with van der Waals surface area (Å²) in [6.45, 7) is 1.34. The van der Waals surface area contributed by atoms with E-state index in [4.69, 9.17) is 5.14 Å². The van der Waals surface area contributed by atoms with Gasteiger partial charge >= 0.3 is 0 Å². The first-order chi connectivity index (χ1) is 11.4. The molecule has 6 nitrogen and oxygen atoms in total. The molecule has 0 atom stereocenters. The van der Waals surface area contributed by atoms with Crippen molar-refractivity contribution < 1.29 is 13.2 Å². The molecule has 1 aliphatic rings. The molecular formula is C17H28ClN3O3S. The zero-order valence-electron chi connectivity index (χ0n) is 14.4. The van der Waals surface area contributed by atoms with Crippen molar-refractivity contribution in [2.75, 3.05) is 13.1 Å². The monoisotopic (exact) mass is 389 g/mol. The number of hydrogen-bond donors (Lipinski definition) is 3. The lowest BCUT2D eigenvalue weighted by molar-refractivity contribution is 0.0953. The van der Waals surface area contributed by atoms with E-state index in [1.54, 1.807) is 24.3 Å². The van der Waals surface area contributed by atoms with Crippen LogP contribution in [-0.4, -0.2) is 33.5 Å². The molecule has 1 fully saturated rings. The summed E-state index contributed by atoms with van der Waals surface area (Å²) in [6, 6.07) is 7.04. The lowest BCUT2D eigenvalue weighted by Crippen LogP contribution is -2.36. The number of hydrogen-bond acceptors (Lipinski definition) is 4. The maximum atomic E-state index is 12.1. The average Bonchev–Trinajstić information content (AvgIpc) is 2.79. The van der Waals surface area contributed by atoms with Gasteiger partial charge in [0.25, 0.3) is 5.91 Å². The number of halogens is 1. The molecule has 8 heteroatoms. The van der Waals surface area contributed by atoms with Gasteiger partial charge < -0.3 is 10.6 Å². The quantitative estimate of drug-likeness (QED) is 0.490. The predicted octanol–water partition coefficient (Wildman–Crippen LogP) is 1.94. The standard InChI is InChI=1S/C17H27N3O3S.ClH/c18-24(22,23)13-14-7-9-15(10-8-14)17(21)20-12-11-19-16-5-3-1-2-4-6-16;/h7-10,16,19H,1-6,11-13H2,(H,20,21)(H2,18,22,23);1H. The normalized spacial score (nSPS) is 15.9. The van der Waals surface area contributed by atoms with Crippen LogP contribution in [0.4, 0.5) is 0 Å². The number of carbonyl (C=O) groups is 1. The summed E-state index contributed by atoms with van der Waals surface area (Å²) in [6.07, 6.45) is 7.68. The minimum absolute atomic E-state index is 0. The number of amides is 1. The minimum Gasteiger partial charge on any atom is -0.351 e. The van der Waals surface area contributed by atoms with Gasteiger partial charge in [0.2, 0.25) is 10.0 Å². The molecule has 1 aromatic carbocycles. The Bertz CT molecular complexity index is 627. The predicted molar refractivity (Wildman–Crippen MR) is 102 cm³/mol. The van der Waals surface area contributed by atoms with Crippen molar-refractivity contribution in [1.82, 2.24) is 10.6 Å². The van der Waals surface area contributed by atoms with Crippen LogP contribution in [0.3, 0.4) is 0 Å².